The van der Waals surface area contributed by atoms with Crippen LogP contribution >= 0.6 is 22.6 Å². The van der Waals surface area contributed by atoms with E-state index >= 15 is 0 Å². The Labute approximate surface area is 147 Å². The average Bonchev–Trinajstić information content (AvgIpc) is 2.39. The molecule has 0 aliphatic rings. The lowest BCUT2D eigenvalue weighted by molar-refractivity contribution is 0.480. The summed E-state index contributed by atoms with van der Waals surface area (Å²) in [7, 11) is -3.86. The Hall–Kier alpha value is -0.470. The molecule has 1 N–H and O–H groups in total. The maximum atomic E-state index is 10.7. The Bertz CT molecular complexity index is 651. The molecule has 4 nitrogen and oxygen atoms in total. The van der Waals surface area contributed by atoms with E-state index in [1.54, 1.807) is 0 Å². The molecule has 0 unspecified atom stereocenters. The second-order valence-corrected chi connectivity index (χ2v) is 8.86. The predicted molar refractivity (Wildman–Crippen MR) is 101 cm³/mol. The van der Waals surface area contributed by atoms with Gasteiger partial charge in [0.1, 0.15) is 0 Å². The van der Waals surface area contributed by atoms with Gasteiger partial charge in [-0.25, -0.2) is 0 Å². The van der Waals surface area contributed by atoms with Gasteiger partial charge in [-0.3, -0.25) is 9.55 Å². The molecule has 0 fully saturated rings. The minimum absolute atomic E-state index is 0.158. The smallest absolute Gasteiger partial charge is 0.264 e. The van der Waals surface area contributed by atoms with Gasteiger partial charge in [0.15, 0.2) is 0 Å². The lowest BCUT2D eigenvalue weighted by Gasteiger charge is -2.27. The number of unbranched alkanes of at least 4 members (excludes halogenated alkanes) is 1. The van der Waals surface area contributed by atoms with Crippen molar-refractivity contribution in [1.29, 1.82) is 0 Å². The first-order valence-corrected chi connectivity index (χ1v) is 9.96. The molecule has 0 heterocycles. The van der Waals surface area contributed by atoms with Gasteiger partial charge in [0.05, 0.1) is 5.75 Å². The normalized spacial score (nSPS) is 13.5. The highest BCUT2D eigenvalue weighted by Crippen LogP contribution is 2.29. The largest absolute Gasteiger partial charge is 0.294 e. The highest BCUT2D eigenvalue weighted by Gasteiger charge is 2.25. The van der Waals surface area contributed by atoms with Crippen LogP contribution in [0.15, 0.2) is 23.2 Å². The number of aryl methyl sites for hydroxylation is 1. The van der Waals surface area contributed by atoms with E-state index in [0.717, 1.165) is 5.71 Å². The van der Waals surface area contributed by atoms with Crippen LogP contribution in [0.25, 0.3) is 0 Å². The lowest BCUT2D eigenvalue weighted by Crippen LogP contribution is -2.28. The summed E-state index contributed by atoms with van der Waals surface area (Å²) < 4.78 is 31.2. The van der Waals surface area contributed by atoms with E-state index in [4.69, 9.17) is 4.55 Å². The molecule has 0 bridgehead atoms. The van der Waals surface area contributed by atoms with Gasteiger partial charge in [-0.1, -0.05) is 19.9 Å². The van der Waals surface area contributed by atoms with Crippen molar-refractivity contribution in [2.45, 2.75) is 46.0 Å². The van der Waals surface area contributed by atoms with E-state index in [1.807, 2.05) is 6.92 Å². The topological polar surface area (TPSA) is 66.7 Å². The Balaban J connectivity index is 2.75. The fourth-order valence-corrected chi connectivity index (χ4v) is 3.36. The minimum atomic E-state index is -3.86. The van der Waals surface area contributed by atoms with Crippen LogP contribution in [0.4, 0.5) is 0 Å². The molecule has 124 valence electrons. The van der Waals surface area contributed by atoms with Gasteiger partial charge >= 0.3 is 0 Å². The zero-order valence-corrected chi connectivity index (χ0v) is 16.5. The molecule has 0 aliphatic carbocycles. The van der Waals surface area contributed by atoms with Crippen molar-refractivity contribution in [2.75, 3.05) is 12.3 Å². The third kappa shape index (κ3) is 5.96. The molecule has 0 saturated carbocycles. The number of halogens is 1. The van der Waals surface area contributed by atoms with Crippen LogP contribution in [0, 0.1) is 10.5 Å². The standard InChI is InChI=1S/C16H24INO3S/c1-12-7-8-14(17)11-15(12)16(3,4)13(2)18-9-5-6-10-22(19,20)21/h7-8,11H,5-6,9-10H2,1-4H3,(H,19,20,21). The van der Waals surface area contributed by atoms with Crippen LogP contribution in [0.1, 0.15) is 44.7 Å². The minimum Gasteiger partial charge on any atom is -0.294 e. The Kier molecular flexibility index (Phi) is 7.01. The molecule has 6 heteroatoms. The maximum Gasteiger partial charge on any atom is 0.264 e. The summed E-state index contributed by atoms with van der Waals surface area (Å²) in [4.78, 5) is 4.60. The molecule has 1 aromatic carbocycles. The number of benzene rings is 1. The van der Waals surface area contributed by atoms with Gasteiger partial charge in [0.25, 0.3) is 10.1 Å². The molecule has 0 saturated heterocycles. The molecular formula is C16H24INO3S. The van der Waals surface area contributed by atoms with Crippen LogP contribution in [0.2, 0.25) is 0 Å². The van der Waals surface area contributed by atoms with Crippen LogP contribution in [0.3, 0.4) is 0 Å². The van der Waals surface area contributed by atoms with E-state index in [1.165, 1.54) is 14.7 Å². The average molecular weight is 437 g/mol. The van der Waals surface area contributed by atoms with E-state index in [-0.39, 0.29) is 11.2 Å². The van der Waals surface area contributed by atoms with E-state index in [0.29, 0.717) is 19.4 Å². The van der Waals surface area contributed by atoms with Gasteiger partial charge in [-0.15, -0.1) is 0 Å². The monoisotopic (exact) mass is 437 g/mol. The second kappa shape index (κ2) is 7.88. The summed E-state index contributed by atoms with van der Waals surface area (Å²) in [5.74, 6) is -0.194. The molecule has 0 aliphatic heterocycles. The molecule has 0 spiro atoms. The van der Waals surface area contributed by atoms with Crippen LogP contribution in [-0.4, -0.2) is 31.0 Å². The molecule has 0 atom stereocenters. The van der Waals surface area contributed by atoms with Crippen molar-refractivity contribution in [3.63, 3.8) is 0 Å². The zero-order valence-electron chi connectivity index (χ0n) is 13.6. The number of rotatable bonds is 7. The van der Waals surface area contributed by atoms with Crippen molar-refractivity contribution < 1.29 is 13.0 Å². The van der Waals surface area contributed by atoms with Gasteiger partial charge in [-0.2, -0.15) is 8.42 Å². The number of hydrogen-bond acceptors (Lipinski definition) is 3. The van der Waals surface area contributed by atoms with Crippen LogP contribution in [0.5, 0.6) is 0 Å². The molecule has 0 amide bonds. The predicted octanol–water partition coefficient (Wildman–Crippen LogP) is 4.01. The zero-order chi connectivity index (χ0) is 17.0. The lowest BCUT2D eigenvalue weighted by atomic mass is 9.78. The molecule has 22 heavy (non-hydrogen) atoms. The first-order valence-electron chi connectivity index (χ1n) is 7.27. The molecular weight excluding hydrogens is 413 g/mol. The summed E-state index contributed by atoms with van der Waals surface area (Å²) in [6.07, 6.45) is 1.08. The van der Waals surface area contributed by atoms with Crippen molar-refractivity contribution in [1.82, 2.24) is 0 Å². The van der Waals surface area contributed by atoms with Gasteiger partial charge in [-0.05, 0) is 72.5 Å². The SMILES string of the molecule is CC(=NCCCCS(=O)(=O)O)C(C)(C)c1cc(I)ccc1C. The summed E-state index contributed by atoms with van der Waals surface area (Å²) in [5.41, 5.74) is 3.38. The quantitative estimate of drug-likeness (QED) is 0.304. The summed E-state index contributed by atoms with van der Waals surface area (Å²) in [6.45, 7) is 9.01. The molecule has 1 aromatic rings. The van der Waals surface area contributed by atoms with E-state index in [9.17, 15) is 8.42 Å². The fourth-order valence-electron chi connectivity index (χ4n) is 2.30. The highest BCUT2D eigenvalue weighted by atomic mass is 127. The maximum absolute atomic E-state index is 10.7. The fraction of sp³-hybridized carbons (Fsp3) is 0.562. The van der Waals surface area contributed by atoms with Crippen molar-refractivity contribution >= 4 is 38.4 Å². The van der Waals surface area contributed by atoms with Crippen molar-refractivity contribution in [2.24, 2.45) is 4.99 Å². The number of aliphatic imine (C=N–C) groups is 1. The van der Waals surface area contributed by atoms with Gasteiger partial charge in [0.2, 0.25) is 0 Å². The number of hydrogen-bond donors (Lipinski definition) is 1. The molecule has 1 rings (SSSR count). The second-order valence-electron chi connectivity index (χ2n) is 6.04. The van der Waals surface area contributed by atoms with Crippen LogP contribution in [-0.2, 0) is 15.5 Å². The van der Waals surface area contributed by atoms with E-state index < -0.39 is 10.1 Å². The highest BCUT2D eigenvalue weighted by molar-refractivity contribution is 14.1. The number of nitrogens with zero attached hydrogens (tertiary/aromatic N) is 1. The van der Waals surface area contributed by atoms with Gasteiger partial charge in [0, 0.05) is 21.2 Å². The summed E-state index contributed by atoms with van der Waals surface area (Å²) >= 11 is 2.31. The summed E-state index contributed by atoms with van der Waals surface area (Å²) in [6, 6.07) is 6.41. The first kappa shape index (κ1) is 19.6. The Morgan fingerprint density at radius 1 is 1.32 bits per heavy atom. The van der Waals surface area contributed by atoms with Crippen molar-refractivity contribution in [3.05, 3.63) is 32.9 Å². The van der Waals surface area contributed by atoms with E-state index in [2.05, 4.69) is 66.6 Å². The Morgan fingerprint density at radius 2 is 1.95 bits per heavy atom. The molecule has 0 radical (unpaired) electrons. The Morgan fingerprint density at radius 3 is 2.55 bits per heavy atom. The van der Waals surface area contributed by atoms with Gasteiger partial charge < -0.3 is 0 Å². The van der Waals surface area contributed by atoms with Crippen molar-refractivity contribution in [3.8, 4) is 0 Å². The molecule has 0 aromatic heterocycles. The summed E-state index contributed by atoms with van der Waals surface area (Å²) in [5, 5.41) is 0. The third-order valence-corrected chi connectivity index (χ3v) is 5.41. The first-order chi connectivity index (χ1) is 10.0. The third-order valence-electron chi connectivity index (χ3n) is 3.94. The van der Waals surface area contributed by atoms with Crippen LogP contribution < -0.4 is 0 Å².